The summed E-state index contributed by atoms with van der Waals surface area (Å²) in [7, 11) is 0. The molecule has 4 nitrogen and oxygen atoms in total. The normalized spacial score (nSPS) is 13.2. The average Bonchev–Trinajstić information content (AvgIpc) is 2.02. The van der Waals surface area contributed by atoms with Crippen LogP contribution in [0.2, 0.25) is 0 Å². The highest BCUT2D eigenvalue weighted by Gasteiger charge is 2.40. The summed E-state index contributed by atoms with van der Waals surface area (Å²) in [5.41, 5.74) is 0. The Hall–Kier alpha value is -1.27. The van der Waals surface area contributed by atoms with Crippen LogP contribution >= 0.6 is 0 Å². The molecule has 7 heteroatoms. The van der Waals surface area contributed by atoms with Crippen LogP contribution in [0.1, 0.15) is 13.8 Å². The van der Waals surface area contributed by atoms with Crippen molar-refractivity contribution in [3.63, 3.8) is 0 Å². The molecule has 1 amide bonds. The lowest BCUT2D eigenvalue weighted by Gasteiger charge is -2.13. The number of carbonyl (C=O) groups excluding carboxylic acids is 2. The lowest BCUT2D eigenvalue weighted by Crippen LogP contribution is -2.45. The molecule has 0 unspecified atom stereocenters. The smallest absolute Gasteiger partial charge is 0.457 e. The van der Waals surface area contributed by atoms with Gasteiger partial charge in [0.15, 0.2) is 0 Å². The van der Waals surface area contributed by atoms with Crippen LogP contribution in [-0.2, 0) is 14.3 Å². The van der Waals surface area contributed by atoms with Gasteiger partial charge < -0.3 is 10.1 Å². The zero-order valence-electron chi connectivity index (χ0n) is 7.51. The quantitative estimate of drug-likeness (QED) is 0.703. The van der Waals surface area contributed by atoms with E-state index in [2.05, 4.69) is 4.74 Å². The molecule has 1 atom stereocenters. The van der Waals surface area contributed by atoms with Crippen molar-refractivity contribution < 1.29 is 27.5 Å². The standard InChI is InChI=1S/C7H9F3NO3/c1-3-14-5(12)4(2)11-6(13)7(8,9)10/h3-4H,1-2H3,(H,11,13)/t4-/m0/s1. The fourth-order valence-electron chi connectivity index (χ4n) is 0.556. The van der Waals surface area contributed by atoms with Crippen LogP contribution in [0.15, 0.2) is 0 Å². The minimum absolute atomic E-state index is 0.954. The maximum atomic E-state index is 11.7. The summed E-state index contributed by atoms with van der Waals surface area (Å²) in [6, 6.07) is -1.33. The van der Waals surface area contributed by atoms with Gasteiger partial charge in [0.2, 0.25) is 0 Å². The largest absolute Gasteiger partial charge is 0.471 e. The van der Waals surface area contributed by atoms with Gasteiger partial charge in [-0.1, -0.05) is 0 Å². The van der Waals surface area contributed by atoms with Crippen molar-refractivity contribution in [2.45, 2.75) is 26.1 Å². The summed E-state index contributed by atoms with van der Waals surface area (Å²) in [5, 5.41) is 1.45. The van der Waals surface area contributed by atoms with Gasteiger partial charge in [-0.05, 0) is 13.8 Å². The van der Waals surface area contributed by atoms with E-state index in [9.17, 15) is 22.8 Å². The SMILES string of the molecule is C[CH]OC(=O)[C@H](C)NC(=O)C(F)(F)F. The van der Waals surface area contributed by atoms with E-state index in [0.717, 1.165) is 13.5 Å². The molecule has 0 aliphatic rings. The molecule has 0 rings (SSSR count). The van der Waals surface area contributed by atoms with Crippen LogP contribution in [0.5, 0.6) is 0 Å². The number of esters is 1. The zero-order valence-corrected chi connectivity index (χ0v) is 7.51. The van der Waals surface area contributed by atoms with Gasteiger partial charge in [-0.2, -0.15) is 13.2 Å². The molecule has 0 heterocycles. The molecule has 0 aromatic carbocycles. The molecule has 0 aromatic rings. The lowest BCUT2D eigenvalue weighted by molar-refractivity contribution is -0.175. The van der Waals surface area contributed by atoms with E-state index in [1.807, 2.05) is 0 Å². The van der Waals surface area contributed by atoms with Gasteiger partial charge in [0, 0.05) is 0 Å². The Morgan fingerprint density at radius 1 is 1.43 bits per heavy atom. The van der Waals surface area contributed by atoms with Gasteiger partial charge >= 0.3 is 18.1 Å². The van der Waals surface area contributed by atoms with Crippen molar-refractivity contribution in [2.24, 2.45) is 0 Å². The third kappa shape index (κ3) is 4.11. The van der Waals surface area contributed by atoms with Crippen LogP contribution in [0, 0.1) is 6.61 Å². The van der Waals surface area contributed by atoms with Crippen LogP contribution in [0.25, 0.3) is 0 Å². The molecule has 81 valence electrons. The Labute approximate surface area is 78.4 Å². The number of amides is 1. The van der Waals surface area contributed by atoms with Crippen molar-refractivity contribution >= 4 is 11.9 Å². The fraction of sp³-hybridized carbons (Fsp3) is 0.571. The maximum absolute atomic E-state index is 11.7. The lowest BCUT2D eigenvalue weighted by atomic mass is 10.3. The third-order valence-corrected chi connectivity index (χ3v) is 1.19. The van der Waals surface area contributed by atoms with E-state index in [1.165, 1.54) is 12.2 Å². The highest BCUT2D eigenvalue weighted by Crippen LogP contribution is 2.14. The van der Waals surface area contributed by atoms with Gasteiger partial charge in [0.05, 0.1) is 0 Å². The van der Waals surface area contributed by atoms with Gasteiger partial charge in [0.1, 0.15) is 12.6 Å². The number of carbonyl (C=O) groups is 2. The van der Waals surface area contributed by atoms with Crippen molar-refractivity contribution in [2.75, 3.05) is 0 Å². The Bertz CT molecular complexity index is 227. The van der Waals surface area contributed by atoms with Gasteiger partial charge in [-0.3, -0.25) is 4.79 Å². The van der Waals surface area contributed by atoms with E-state index in [1.54, 1.807) is 0 Å². The minimum Gasteiger partial charge on any atom is -0.457 e. The van der Waals surface area contributed by atoms with E-state index in [-0.39, 0.29) is 0 Å². The first kappa shape index (κ1) is 12.7. The maximum Gasteiger partial charge on any atom is 0.471 e. The Kier molecular flexibility index (Phi) is 4.39. The summed E-state index contributed by atoms with van der Waals surface area (Å²) >= 11 is 0. The molecule has 0 aliphatic heterocycles. The van der Waals surface area contributed by atoms with Crippen LogP contribution in [0.3, 0.4) is 0 Å². The van der Waals surface area contributed by atoms with Gasteiger partial charge in [-0.25, -0.2) is 4.79 Å². The summed E-state index contributed by atoms with van der Waals surface area (Å²) in [6.07, 6.45) is -5.00. The predicted octanol–water partition coefficient (Wildman–Crippen LogP) is 0.778. The van der Waals surface area contributed by atoms with Gasteiger partial charge in [-0.15, -0.1) is 0 Å². The molecule has 1 radical (unpaired) electrons. The number of nitrogens with one attached hydrogen (secondary N) is 1. The number of ether oxygens (including phenoxy) is 1. The summed E-state index contributed by atoms with van der Waals surface area (Å²) < 4.78 is 39.3. The predicted molar refractivity (Wildman–Crippen MR) is 39.7 cm³/mol. The Morgan fingerprint density at radius 2 is 1.93 bits per heavy atom. The number of hydrogen-bond acceptors (Lipinski definition) is 3. The molecule has 0 saturated heterocycles. The number of halogens is 3. The molecular formula is C7H9F3NO3. The summed E-state index contributed by atoms with van der Waals surface area (Å²) in [5.74, 6) is -3.12. The van der Waals surface area contributed by atoms with E-state index < -0.39 is 24.1 Å². The third-order valence-electron chi connectivity index (χ3n) is 1.19. The summed E-state index contributed by atoms with van der Waals surface area (Å²) in [6.45, 7) is 3.49. The first-order valence-electron chi connectivity index (χ1n) is 3.65. The van der Waals surface area contributed by atoms with E-state index >= 15 is 0 Å². The highest BCUT2D eigenvalue weighted by atomic mass is 19.4. The molecular weight excluding hydrogens is 203 g/mol. The highest BCUT2D eigenvalue weighted by molar-refractivity contribution is 5.87. The van der Waals surface area contributed by atoms with Crippen molar-refractivity contribution in [3.8, 4) is 0 Å². The minimum atomic E-state index is -5.00. The Balaban J connectivity index is 4.13. The van der Waals surface area contributed by atoms with Crippen LogP contribution in [0.4, 0.5) is 13.2 Å². The first-order valence-corrected chi connectivity index (χ1v) is 3.65. The number of alkyl halides is 3. The summed E-state index contributed by atoms with van der Waals surface area (Å²) in [4.78, 5) is 21.1. The van der Waals surface area contributed by atoms with Crippen molar-refractivity contribution in [3.05, 3.63) is 6.61 Å². The molecule has 0 saturated carbocycles. The molecule has 0 fully saturated rings. The van der Waals surface area contributed by atoms with Crippen LogP contribution < -0.4 is 5.32 Å². The molecule has 0 aromatic heterocycles. The fourth-order valence-corrected chi connectivity index (χ4v) is 0.556. The molecule has 0 aliphatic carbocycles. The molecule has 0 spiro atoms. The van der Waals surface area contributed by atoms with Crippen LogP contribution in [-0.4, -0.2) is 24.1 Å². The topological polar surface area (TPSA) is 55.4 Å². The van der Waals surface area contributed by atoms with Crippen molar-refractivity contribution in [1.29, 1.82) is 0 Å². The van der Waals surface area contributed by atoms with Crippen molar-refractivity contribution in [1.82, 2.24) is 5.32 Å². The first-order chi connectivity index (χ1) is 6.29. The Morgan fingerprint density at radius 3 is 2.29 bits per heavy atom. The number of rotatable bonds is 3. The zero-order chi connectivity index (χ0) is 11.4. The second-order valence-electron chi connectivity index (χ2n) is 2.37. The second kappa shape index (κ2) is 4.83. The second-order valence-corrected chi connectivity index (χ2v) is 2.37. The molecule has 0 bridgehead atoms. The van der Waals surface area contributed by atoms with E-state index in [4.69, 9.17) is 0 Å². The average molecular weight is 212 g/mol. The molecule has 14 heavy (non-hydrogen) atoms. The monoisotopic (exact) mass is 212 g/mol. The van der Waals surface area contributed by atoms with Gasteiger partial charge in [0.25, 0.3) is 0 Å². The van der Waals surface area contributed by atoms with E-state index in [0.29, 0.717) is 0 Å². The number of hydrogen-bond donors (Lipinski definition) is 1. The molecule has 1 N–H and O–H groups in total.